The van der Waals surface area contributed by atoms with Crippen molar-refractivity contribution in [2.45, 2.75) is 35.1 Å². The molecule has 11 heteroatoms. The van der Waals surface area contributed by atoms with Gasteiger partial charge in [0.15, 0.2) is 0 Å². The Morgan fingerprint density at radius 3 is 2.44 bits per heavy atom. The monoisotopic (exact) mass is 523 g/mol. The van der Waals surface area contributed by atoms with E-state index in [1.807, 2.05) is 42.2 Å². The summed E-state index contributed by atoms with van der Waals surface area (Å²) in [5, 5.41) is 0.482. The summed E-state index contributed by atoms with van der Waals surface area (Å²) in [5.41, 5.74) is 12.9. The van der Waals surface area contributed by atoms with Crippen LogP contribution in [0.1, 0.15) is 19.8 Å². The Kier molecular flexibility index (Phi) is 6.27. The van der Waals surface area contributed by atoms with Crippen LogP contribution >= 0.6 is 23.4 Å². The highest BCUT2D eigenvalue weighted by Crippen LogP contribution is 2.37. The average molecular weight is 524 g/mol. The van der Waals surface area contributed by atoms with E-state index in [2.05, 4.69) is 9.97 Å². The minimum Gasteiger partial charge on any atom is -0.382 e. The highest BCUT2D eigenvalue weighted by Gasteiger charge is 2.28. The summed E-state index contributed by atoms with van der Waals surface area (Å²) in [6.07, 6.45) is 3.06. The number of nitrogens with two attached hydrogens (primary N) is 2. The van der Waals surface area contributed by atoms with Gasteiger partial charge in [-0.3, -0.25) is 18.7 Å². The number of benzene rings is 2. The topological polar surface area (TPSA) is 125 Å². The van der Waals surface area contributed by atoms with Gasteiger partial charge in [0, 0.05) is 30.6 Å². The van der Waals surface area contributed by atoms with Crippen LogP contribution in [0, 0.1) is 0 Å². The number of hydrogen-bond acceptors (Lipinski definition) is 8. The predicted molar refractivity (Wildman–Crippen MR) is 144 cm³/mol. The number of halogens is 1. The molecule has 186 valence electrons. The first-order chi connectivity index (χ1) is 17.2. The summed E-state index contributed by atoms with van der Waals surface area (Å²) in [5.74, 6) is 0.625. The van der Waals surface area contributed by atoms with Crippen LogP contribution in [0.15, 0.2) is 68.2 Å². The first-order valence-electron chi connectivity index (χ1n) is 11.5. The van der Waals surface area contributed by atoms with E-state index < -0.39 is 0 Å². The van der Waals surface area contributed by atoms with Crippen LogP contribution in [-0.4, -0.2) is 37.7 Å². The van der Waals surface area contributed by atoms with Crippen LogP contribution in [0.3, 0.4) is 0 Å². The summed E-state index contributed by atoms with van der Waals surface area (Å²) < 4.78 is 2.94. The van der Waals surface area contributed by atoms with Gasteiger partial charge < -0.3 is 16.4 Å². The van der Waals surface area contributed by atoms with E-state index in [0.29, 0.717) is 35.1 Å². The van der Waals surface area contributed by atoms with E-state index >= 15 is 0 Å². The molecule has 2 aromatic heterocycles. The maximum absolute atomic E-state index is 13.3. The second-order valence-electron chi connectivity index (χ2n) is 9.26. The molecule has 9 nitrogen and oxygen atoms in total. The zero-order valence-corrected chi connectivity index (χ0v) is 21.5. The molecule has 0 saturated carbocycles. The lowest BCUT2D eigenvalue weighted by Gasteiger charge is -2.37. The Hall–Kier alpha value is -3.34. The summed E-state index contributed by atoms with van der Waals surface area (Å²) in [7, 11) is 1.68. The Morgan fingerprint density at radius 1 is 1.06 bits per heavy atom. The molecule has 36 heavy (non-hydrogen) atoms. The molecule has 1 saturated heterocycles. The van der Waals surface area contributed by atoms with Crippen LogP contribution in [0.4, 0.5) is 11.8 Å². The van der Waals surface area contributed by atoms with Crippen molar-refractivity contribution in [3.8, 4) is 5.69 Å². The SMILES string of the molecule is Cn1c(N2CCC(C)(N)CC2)nc(N)c(Sc2ccc3ncn(-c4ccccc4)c(=O)c3c2Cl)c1=O. The van der Waals surface area contributed by atoms with Gasteiger partial charge in [0.25, 0.3) is 11.1 Å². The molecule has 0 atom stereocenters. The van der Waals surface area contributed by atoms with Crippen molar-refractivity contribution in [3.63, 3.8) is 0 Å². The van der Waals surface area contributed by atoms with Gasteiger partial charge in [-0.25, -0.2) is 4.98 Å². The van der Waals surface area contributed by atoms with Crippen molar-refractivity contribution in [2.24, 2.45) is 12.8 Å². The molecule has 0 unspecified atom stereocenters. The maximum atomic E-state index is 13.3. The number of nitrogens with zero attached hydrogens (tertiary/aromatic N) is 5. The molecule has 1 aliphatic heterocycles. The van der Waals surface area contributed by atoms with Gasteiger partial charge in [-0.2, -0.15) is 4.98 Å². The molecule has 4 N–H and O–H groups in total. The van der Waals surface area contributed by atoms with Crippen LogP contribution < -0.4 is 27.5 Å². The van der Waals surface area contributed by atoms with Gasteiger partial charge in [-0.1, -0.05) is 41.6 Å². The molecule has 5 rings (SSSR count). The van der Waals surface area contributed by atoms with Crippen molar-refractivity contribution < 1.29 is 0 Å². The van der Waals surface area contributed by atoms with E-state index in [0.717, 1.165) is 24.6 Å². The van der Waals surface area contributed by atoms with E-state index in [1.54, 1.807) is 19.2 Å². The summed E-state index contributed by atoms with van der Waals surface area (Å²) in [6, 6.07) is 12.6. The van der Waals surface area contributed by atoms with Crippen LogP contribution in [-0.2, 0) is 7.05 Å². The largest absolute Gasteiger partial charge is 0.382 e. The smallest absolute Gasteiger partial charge is 0.270 e. The van der Waals surface area contributed by atoms with Gasteiger partial charge in [-0.05, 0) is 44.0 Å². The van der Waals surface area contributed by atoms with Gasteiger partial charge in [0.2, 0.25) is 5.95 Å². The van der Waals surface area contributed by atoms with E-state index in [4.69, 9.17) is 23.1 Å². The lowest BCUT2D eigenvalue weighted by atomic mass is 9.91. The van der Waals surface area contributed by atoms with Crippen LogP contribution in [0.2, 0.25) is 5.02 Å². The third-order valence-corrected chi connectivity index (χ3v) is 8.17. The quantitative estimate of drug-likeness (QED) is 0.418. The first-order valence-corrected chi connectivity index (χ1v) is 12.7. The highest BCUT2D eigenvalue weighted by molar-refractivity contribution is 7.99. The Bertz CT molecular complexity index is 1570. The van der Waals surface area contributed by atoms with Gasteiger partial charge in [-0.15, -0.1) is 0 Å². The minimum atomic E-state index is -0.301. The van der Waals surface area contributed by atoms with Gasteiger partial charge in [0.1, 0.15) is 17.0 Å². The molecular weight excluding hydrogens is 498 g/mol. The molecule has 0 radical (unpaired) electrons. The fraction of sp³-hybridized carbons (Fsp3) is 0.280. The molecule has 0 bridgehead atoms. The zero-order chi connectivity index (χ0) is 25.6. The van der Waals surface area contributed by atoms with Crippen molar-refractivity contribution in [1.29, 1.82) is 0 Å². The number of hydrogen-bond donors (Lipinski definition) is 2. The Balaban J connectivity index is 1.53. The number of piperidine rings is 1. The molecule has 0 spiro atoms. The molecular formula is C25H26ClN7O2S. The highest BCUT2D eigenvalue weighted by atomic mass is 35.5. The lowest BCUT2D eigenvalue weighted by molar-refractivity contribution is 0.360. The second-order valence-corrected chi connectivity index (χ2v) is 10.7. The fourth-order valence-corrected chi connectivity index (χ4v) is 5.57. The number of aromatic nitrogens is 4. The molecule has 0 aliphatic carbocycles. The fourth-order valence-electron chi connectivity index (χ4n) is 4.29. The van der Waals surface area contributed by atoms with Crippen LogP contribution in [0.5, 0.6) is 0 Å². The standard InChI is InChI=1S/C25H26ClN7O2S/c1-25(28)10-12-32(13-11-25)24-30-21(27)20(23(35)31(24)2)36-17-9-8-16-18(19(17)26)22(34)33(14-29-16)15-6-4-3-5-7-15/h3-9,14H,10-13,27-28H2,1-2H3. The van der Waals surface area contributed by atoms with Gasteiger partial charge >= 0.3 is 0 Å². The third kappa shape index (κ3) is 4.36. The average Bonchev–Trinajstić information content (AvgIpc) is 2.86. The zero-order valence-electron chi connectivity index (χ0n) is 19.9. The van der Waals surface area contributed by atoms with Crippen molar-refractivity contribution in [3.05, 3.63) is 74.5 Å². The molecule has 0 amide bonds. The normalized spacial score (nSPS) is 15.4. The van der Waals surface area contributed by atoms with Crippen molar-refractivity contribution >= 4 is 46.0 Å². The number of anilines is 2. The number of fused-ring (bicyclic) bond motifs is 1. The lowest BCUT2D eigenvalue weighted by Crippen LogP contribution is -2.49. The molecule has 1 aliphatic rings. The summed E-state index contributed by atoms with van der Waals surface area (Å²) in [6.45, 7) is 3.41. The van der Waals surface area contributed by atoms with E-state index in [-0.39, 0.29) is 37.8 Å². The Morgan fingerprint density at radius 2 is 1.75 bits per heavy atom. The molecule has 4 aromatic rings. The summed E-state index contributed by atoms with van der Waals surface area (Å²) in [4.78, 5) is 38.4. The summed E-state index contributed by atoms with van der Waals surface area (Å²) >= 11 is 7.81. The third-order valence-electron chi connectivity index (χ3n) is 6.52. The van der Waals surface area contributed by atoms with Gasteiger partial charge in [0.05, 0.1) is 21.6 Å². The number of para-hydroxylation sites is 1. The predicted octanol–water partition coefficient (Wildman–Crippen LogP) is 3.18. The second kappa shape index (κ2) is 9.27. The number of nitrogen functional groups attached to an aromatic ring is 1. The van der Waals surface area contributed by atoms with Crippen LogP contribution in [0.25, 0.3) is 16.6 Å². The maximum Gasteiger partial charge on any atom is 0.270 e. The molecule has 2 aromatic carbocycles. The molecule has 1 fully saturated rings. The Labute approximate surface area is 216 Å². The van der Waals surface area contributed by atoms with E-state index in [9.17, 15) is 9.59 Å². The first kappa shape index (κ1) is 24.4. The van der Waals surface area contributed by atoms with Crippen molar-refractivity contribution in [1.82, 2.24) is 19.1 Å². The molecule has 3 heterocycles. The van der Waals surface area contributed by atoms with Crippen molar-refractivity contribution in [2.75, 3.05) is 23.7 Å². The van der Waals surface area contributed by atoms with E-state index in [1.165, 1.54) is 15.5 Å². The number of rotatable bonds is 4. The minimum absolute atomic E-state index is 0.114.